The molecule has 0 atom stereocenters. The molecule has 0 amide bonds. The van der Waals surface area contributed by atoms with E-state index in [9.17, 15) is 4.79 Å². The lowest BCUT2D eigenvalue weighted by molar-refractivity contribution is 0.100. The van der Waals surface area contributed by atoms with E-state index in [-0.39, 0.29) is 11.6 Å². The quantitative estimate of drug-likeness (QED) is 0.548. The average molecular weight is 221 g/mol. The largest absolute Gasteiger partial charge is 0.291 e. The Morgan fingerprint density at radius 2 is 2.07 bits per heavy atom. The third-order valence-electron chi connectivity index (χ3n) is 2.12. The van der Waals surface area contributed by atoms with Gasteiger partial charge in [-0.05, 0) is 19.1 Å². The Balaban J connectivity index is 2.78. The van der Waals surface area contributed by atoms with Gasteiger partial charge >= 0.3 is 0 Å². The van der Waals surface area contributed by atoms with Crippen molar-refractivity contribution in [3.8, 4) is 0 Å². The summed E-state index contributed by atoms with van der Waals surface area (Å²) in [6.45, 7) is 3.39. The van der Waals surface area contributed by atoms with Gasteiger partial charge in [0.25, 0.3) is 0 Å². The summed E-state index contributed by atoms with van der Waals surface area (Å²) in [4.78, 5) is 19.2. The molecule has 3 nitrogen and oxygen atoms in total. The third kappa shape index (κ3) is 1.83. The molecule has 0 saturated carbocycles. The molecule has 76 valence electrons. The van der Waals surface area contributed by atoms with Gasteiger partial charge < -0.3 is 0 Å². The molecule has 1 aromatic heterocycles. The maximum atomic E-state index is 11.1. The van der Waals surface area contributed by atoms with Crippen LogP contribution >= 0.6 is 11.6 Å². The van der Waals surface area contributed by atoms with Crippen LogP contribution in [0.3, 0.4) is 0 Å². The first-order valence-corrected chi connectivity index (χ1v) is 4.90. The van der Waals surface area contributed by atoms with Crippen LogP contribution < -0.4 is 0 Å². The number of benzene rings is 1. The van der Waals surface area contributed by atoms with Gasteiger partial charge in [0.15, 0.2) is 11.6 Å². The number of ketones is 1. The highest BCUT2D eigenvalue weighted by Crippen LogP contribution is 2.21. The Bertz CT molecular complexity index is 552. The number of hydrogen-bond donors (Lipinski definition) is 0. The number of rotatable bonds is 1. The zero-order valence-electron chi connectivity index (χ0n) is 8.41. The van der Waals surface area contributed by atoms with Crippen LogP contribution in [0.2, 0.25) is 5.15 Å². The zero-order chi connectivity index (χ0) is 11.0. The van der Waals surface area contributed by atoms with Crippen molar-refractivity contribution in [2.45, 2.75) is 13.8 Å². The molecular weight excluding hydrogens is 212 g/mol. The number of nitrogens with zero attached hydrogens (tertiary/aromatic N) is 2. The van der Waals surface area contributed by atoms with E-state index in [1.54, 1.807) is 0 Å². The second-order valence-electron chi connectivity index (χ2n) is 3.41. The van der Waals surface area contributed by atoms with Crippen molar-refractivity contribution in [3.63, 3.8) is 0 Å². The van der Waals surface area contributed by atoms with Crippen LogP contribution in [0.25, 0.3) is 10.9 Å². The summed E-state index contributed by atoms with van der Waals surface area (Å²) >= 11 is 5.97. The van der Waals surface area contributed by atoms with E-state index in [2.05, 4.69) is 9.97 Å². The number of Topliss-reactive ketones (excluding diaryl/α,β-unsaturated/α-hetero) is 1. The molecule has 0 N–H and O–H groups in total. The van der Waals surface area contributed by atoms with Gasteiger partial charge in [0.2, 0.25) is 0 Å². The molecule has 0 fully saturated rings. The minimum absolute atomic E-state index is 0.163. The fraction of sp³-hybridized carbons (Fsp3) is 0.182. The van der Waals surface area contributed by atoms with Crippen molar-refractivity contribution < 1.29 is 4.79 Å². The predicted molar refractivity (Wildman–Crippen MR) is 59.3 cm³/mol. The summed E-state index contributed by atoms with van der Waals surface area (Å²) in [5, 5.41) is 1.11. The van der Waals surface area contributed by atoms with Gasteiger partial charge in [0.05, 0.1) is 5.52 Å². The molecule has 0 aliphatic heterocycles. The van der Waals surface area contributed by atoms with E-state index in [1.807, 2.05) is 25.1 Å². The first kappa shape index (κ1) is 10.1. The highest BCUT2D eigenvalue weighted by molar-refractivity contribution is 6.34. The van der Waals surface area contributed by atoms with Gasteiger partial charge in [-0.1, -0.05) is 23.2 Å². The molecule has 1 heterocycles. The van der Waals surface area contributed by atoms with Crippen molar-refractivity contribution in [1.29, 1.82) is 0 Å². The fourth-order valence-electron chi connectivity index (χ4n) is 1.36. The van der Waals surface area contributed by atoms with Gasteiger partial charge in [0, 0.05) is 12.3 Å². The maximum Gasteiger partial charge on any atom is 0.197 e. The molecule has 0 aliphatic carbocycles. The number of carbonyl (C=O) groups excluding carboxylic acids is 1. The first-order chi connectivity index (χ1) is 7.08. The second kappa shape index (κ2) is 3.59. The molecule has 0 aliphatic rings. The van der Waals surface area contributed by atoms with Crippen LogP contribution in [0.1, 0.15) is 23.1 Å². The summed E-state index contributed by atoms with van der Waals surface area (Å²) in [5.41, 5.74) is 1.79. The van der Waals surface area contributed by atoms with Crippen molar-refractivity contribution in [1.82, 2.24) is 9.97 Å². The Hall–Kier alpha value is -1.48. The number of hydrogen-bond acceptors (Lipinski definition) is 3. The van der Waals surface area contributed by atoms with E-state index in [0.29, 0.717) is 10.7 Å². The molecular formula is C11H9ClN2O. The first-order valence-electron chi connectivity index (χ1n) is 4.53. The van der Waals surface area contributed by atoms with Crippen LogP contribution in [-0.2, 0) is 0 Å². The molecule has 4 heteroatoms. The lowest BCUT2D eigenvalue weighted by atomic mass is 10.2. The van der Waals surface area contributed by atoms with Crippen LogP contribution in [0, 0.1) is 6.92 Å². The van der Waals surface area contributed by atoms with Crippen LogP contribution in [0.15, 0.2) is 18.2 Å². The van der Waals surface area contributed by atoms with Crippen LogP contribution in [0.4, 0.5) is 0 Å². The lowest BCUT2D eigenvalue weighted by Gasteiger charge is -2.02. The summed E-state index contributed by atoms with van der Waals surface area (Å²) in [7, 11) is 0. The minimum atomic E-state index is -0.181. The van der Waals surface area contributed by atoms with E-state index < -0.39 is 0 Å². The molecule has 0 unspecified atom stereocenters. The Morgan fingerprint density at radius 3 is 2.73 bits per heavy atom. The molecule has 0 radical (unpaired) electrons. The lowest BCUT2D eigenvalue weighted by Crippen LogP contribution is -2.01. The van der Waals surface area contributed by atoms with Crippen LogP contribution in [0.5, 0.6) is 0 Å². The molecule has 2 rings (SSSR count). The number of carbonyl (C=O) groups is 1. The number of aromatic nitrogens is 2. The van der Waals surface area contributed by atoms with E-state index in [4.69, 9.17) is 11.6 Å². The van der Waals surface area contributed by atoms with Crippen molar-refractivity contribution in [2.24, 2.45) is 0 Å². The molecule has 2 aromatic rings. The number of halogens is 1. The van der Waals surface area contributed by atoms with Gasteiger partial charge in [-0.3, -0.25) is 4.79 Å². The van der Waals surface area contributed by atoms with E-state index >= 15 is 0 Å². The Morgan fingerprint density at radius 1 is 1.33 bits per heavy atom. The number of aryl methyl sites for hydroxylation is 1. The fourth-order valence-corrected chi connectivity index (χ4v) is 1.59. The highest BCUT2D eigenvalue weighted by Gasteiger charge is 2.08. The maximum absolute atomic E-state index is 11.1. The van der Waals surface area contributed by atoms with E-state index in [1.165, 1.54) is 6.92 Å². The number of fused-ring (bicyclic) bond motifs is 1. The van der Waals surface area contributed by atoms with Crippen LogP contribution in [-0.4, -0.2) is 15.8 Å². The van der Waals surface area contributed by atoms with E-state index in [0.717, 1.165) is 10.9 Å². The summed E-state index contributed by atoms with van der Waals surface area (Å²) in [5.74, 6) is -0.0178. The second-order valence-corrected chi connectivity index (χ2v) is 3.77. The van der Waals surface area contributed by atoms with Crippen molar-refractivity contribution in [2.75, 3.05) is 0 Å². The summed E-state index contributed by atoms with van der Waals surface area (Å²) in [6.07, 6.45) is 0. The van der Waals surface area contributed by atoms with Gasteiger partial charge in [0.1, 0.15) is 5.15 Å². The SMILES string of the molecule is CC(=O)c1nc(Cl)c2cc(C)ccc2n1. The van der Waals surface area contributed by atoms with Gasteiger partial charge in [-0.2, -0.15) is 0 Å². The molecule has 1 aromatic carbocycles. The topological polar surface area (TPSA) is 42.9 Å². The zero-order valence-corrected chi connectivity index (χ0v) is 9.17. The summed E-state index contributed by atoms with van der Waals surface area (Å²) in [6, 6.07) is 5.67. The van der Waals surface area contributed by atoms with Gasteiger partial charge in [-0.15, -0.1) is 0 Å². The molecule has 0 bridgehead atoms. The molecule has 0 saturated heterocycles. The standard InChI is InChI=1S/C11H9ClN2O/c1-6-3-4-9-8(5-6)10(12)14-11(13-9)7(2)15/h3-5H,1-2H3. The minimum Gasteiger partial charge on any atom is -0.291 e. The van der Waals surface area contributed by atoms with Crippen molar-refractivity contribution >= 4 is 28.3 Å². The smallest absolute Gasteiger partial charge is 0.197 e. The highest BCUT2D eigenvalue weighted by atomic mass is 35.5. The van der Waals surface area contributed by atoms with Crippen molar-refractivity contribution in [3.05, 3.63) is 34.7 Å². The third-order valence-corrected chi connectivity index (χ3v) is 2.41. The molecule has 0 spiro atoms. The summed E-state index contributed by atoms with van der Waals surface area (Å²) < 4.78 is 0. The van der Waals surface area contributed by atoms with Gasteiger partial charge in [-0.25, -0.2) is 9.97 Å². The predicted octanol–water partition coefficient (Wildman–Crippen LogP) is 2.79. The molecule has 15 heavy (non-hydrogen) atoms. The normalized spacial score (nSPS) is 10.6. The monoisotopic (exact) mass is 220 g/mol. The average Bonchev–Trinajstić information content (AvgIpc) is 2.18. The Kier molecular flexibility index (Phi) is 2.40. The Labute approximate surface area is 92.1 Å².